The lowest BCUT2D eigenvalue weighted by Gasteiger charge is -2.10. The molecule has 0 fully saturated rings. The molecule has 6 nitrogen and oxygen atoms in total. The van der Waals surface area contributed by atoms with E-state index in [0.29, 0.717) is 25.9 Å². The van der Waals surface area contributed by atoms with Crippen molar-refractivity contribution >= 4 is 11.8 Å². The Kier molecular flexibility index (Phi) is 7.08. The molecule has 1 rings (SSSR count). The zero-order valence-electron chi connectivity index (χ0n) is 12.7. The fourth-order valence-corrected chi connectivity index (χ4v) is 1.85. The number of nitrogens with one attached hydrogen (secondary N) is 2. The topological polar surface area (TPSA) is 76.7 Å². The van der Waals surface area contributed by atoms with Crippen molar-refractivity contribution in [1.82, 2.24) is 10.6 Å². The number of methoxy groups -OCH3 is 2. The summed E-state index contributed by atoms with van der Waals surface area (Å²) in [5.74, 6) is 1.30. The summed E-state index contributed by atoms with van der Waals surface area (Å²) < 4.78 is 10.4. The minimum atomic E-state index is -0.106. The summed E-state index contributed by atoms with van der Waals surface area (Å²) in [6.07, 6.45) is 0.913. The quantitative estimate of drug-likeness (QED) is 0.698. The lowest BCUT2D eigenvalue weighted by atomic mass is 10.1. The van der Waals surface area contributed by atoms with Crippen molar-refractivity contribution in [3.05, 3.63) is 23.8 Å². The maximum atomic E-state index is 11.7. The predicted molar refractivity (Wildman–Crippen MR) is 79.6 cm³/mol. The third-order valence-corrected chi connectivity index (χ3v) is 2.93. The Morgan fingerprint density at radius 3 is 2.43 bits per heavy atom. The second kappa shape index (κ2) is 8.84. The molecule has 0 spiro atoms. The highest BCUT2D eigenvalue weighted by Gasteiger charge is 2.08. The number of hydrogen-bond donors (Lipinski definition) is 2. The van der Waals surface area contributed by atoms with Crippen LogP contribution in [0.1, 0.15) is 18.9 Å². The number of rotatable bonds is 8. The molecule has 116 valence electrons. The van der Waals surface area contributed by atoms with Gasteiger partial charge in [0.05, 0.1) is 14.2 Å². The van der Waals surface area contributed by atoms with Gasteiger partial charge in [0.1, 0.15) is 11.5 Å². The Morgan fingerprint density at radius 2 is 1.81 bits per heavy atom. The molecule has 0 heterocycles. The van der Waals surface area contributed by atoms with E-state index in [0.717, 1.165) is 17.1 Å². The highest BCUT2D eigenvalue weighted by atomic mass is 16.5. The number of ether oxygens (including phenoxy) is 2. The first-order chi connectivity index (χ1) is 10.1. The van der Waals surface area contributed by atoms with Crippen LogP contribution in [-0.2, 0) is 16.0 Å². The van der Waals surface area contributed by atoms with Gasteiger partial charge in [-0.25, -0.2) is 0 Å². The molecule has 2 amide bonds. The SMILES string of the molecule is COc1ccc(OC)c(CCC(=O)NCCNC(C)=O)c1. The molecule has 0 aliphatic heterocycles. The maximum Gasteiger partial charge on any atom is 0.220 e. The third kappa shape index (κ3) is 6.16. The van der Waals surface area contributed by atoms with Crippen molar-refractivity contribution in [3.63, 3.8) is 0 Å². The lowest BCUT2D eigenvalue weighted by molar-refractivity contribution is -0.122. The first-order valence-corrected chi connectivity index (χ1v) is 6.79. The van der Waals surface area contributed by atoms with Crippen molar-refractivity contribution in [3.8, 4) is 11.5 Å². The third-order valence-electron chi connectivity index (χ3n) is 2.93. The molecule has 0 aromatic heterocycles. The van der Waals surface area contributed by atoms with E-state index in [9.17, 15) is 9.59 Å². The Balaban J connectivity index is 2.43. The molecular formula is C15H22N2O4. The van der Waals surface area contributed by atoms with E-state index in [1.165, 1.54) is 6.92 Å². The fraction of sp³-hybridized carbons (Fsp3) is 0.467. The van der Waals surface area contributed by atoms with Gasteiger partial charge in [-0.2, -0.15) is 0 Å². The number of hydrogen-bond acceptors (Lipinski definition) is 4. The lowest BCUT2D eigenvalue weighted by Crippen LogP contribution is -2.33. The van der Waals surface area contributed by atoms with Gasteiger partial charge >= 0.3 is 0 Å². The van der Waals surface area contributed by atoms with Crippen molar-refractivity contribution in [1.29, 1.82) is 0 Å². The average molecular weight is 294 g/mol. The van der Waals surface area contributed by atoms with E-state index in [4.69, 9.17) is 9.47 Å². The standard InChI is InChI=1S/C15H22N2O4/c1-11(18)16-8-9-17-15(19)7-4-12-10-13(20-2)5-6-14(12)21-3/h5-6,10H,4,7-9H2,1-3H3,(H,16,18)(H,17,19). The smallest absolute Gasteiger partial charge is 0.220 e. The molecular weight excluding hydrogens is 272 g/mol. The molecule has 0 unspecified atom stereocenters. The average Bonchev–Trinajstić information content (AvgIpc) is 2.48. The first kappa shape index (κ1) is 16.8. The van der Waals surface area contributed by atoms with Gasteiger partial charge in [-0.15, -0.1) is 0 Å². The Hall–Kier alpha value is -2.24. The van der Waals surface area contributed by atoms with Crippen LogP contribution in [0.15, 0.2) is 18.2 Å². The predicted octanol–water partition coefficient (Wildman–Crippen LogP) is 0.889. The number of amides is 2. The van der Waals surface area contributed by atoms with Gasteiger partial charge in [0.15, 0.2) is 0 Å². The van der Waals surface area contributed by atoms with Crippen molar-refractivity contribution in [2.24, 2.45) is 0 Å². The molecule has 0 saturated heterocycles. The van der Waals surface area contributed by atoms with Crippen LogP contribution in [0, 0.1) is 0 Å². The molecule has 1 aromatic rings. The summed E-state index contributed by atoms with van der Waals surface area (Å²) in [6, 6.07) is 5.50. The number of aryl methyl sites for hydroxylation is 1. The normalized spacial score (nSPS) is 9.86. The highest BCUT2D eigenvalue weighted by molar-refractivity contribution is 5.76. The molecule has 6 heteroatoms. The highest BCUT2D eigenvalue weighted by Crippen LogP contribution is 2.24. The van der Waals surface area contributed by atoms with E-state index >= 15 is 0 Å². The van der Waals surface area contributed by atoms with E-state index in [2.05, 4.69) is 10.6 Å². The second-order valence-electron chi connectivity index (χ2n) is 4.51. The molecule has 0 saturated carbocycles. The monoisotopic (exact) mass is 294 g/mol. The summed E-state index contributed by atoms with van der Waals surface area (Å²) in [6.45, 7) is 2.30. The van der Waals surface area contributed by atoms with Crippen LogP contribution < -0.4 is 20.1 Å². The Labute approximate surface area is 124 Å². The van der Waals surface area contributed by atoms with E-state index in [-0.39, 0.29) is 11.8 Å². The van der Waals surface area contributed by atoms with Crippen LogP contribution in [0.2, 0.25) is 0 Å². The summed E-state index contributed by atoms with van der Waals surface area (Å²) in [5.41, 5.74) is 0.925. The van der Waals surface area contributed by atoms with E-state index in [1.807, 2.05) is 18.2 Å². The van der Waals surface area contributed by atoms with Crippen LogP contribution >= 0.6 is 0 Å². The van der Waals surface area contributed by atoms with Crippen LogP contribution in [0.25, 0.3) is 0 Å². The van der Waals surface area contributed by atoms with Crippen molar-refractivity contribution in [2.75, 3.05) is 27.3 Å². The zero-order chi connectivity index (χ0) is 15.7. The molecule has 0 atom stereocenters. The van der Waals surface area contributed by atoms with Gasteiger partial charge in [0.25, 0.3) is 0 Å². The molecule has 2 N–H and O–H groups in total. The van der Waals surface area contributed by atoms with Crippen molar-refractivity contribution in [2.45, 2.75) is 19.8 Å². The fourth-order valence-electron chi connectivity index (χ4n) is 1.85. The van der Waals surface area contributed by atoms with Gasteiger partial charge in [0.2, 0.25) is 11.8 Å². The van der Waals surface area contributed by atoms with E-state index in [1.54, 1.807) is 14.2 Å². The minimum absolute atomic E-state index is 0.0646. The molecule has 1 aromatic carbocycles. The molecule has 0 bridgehead atoms. The number of carbonyl (C=O) groups excluding carboxylic acids is 2. The molecule has 0 aliphatic carbocycles. The summed E-state index contributed by atoms with van der Waals surface area (Å²) >= 11 is 0. The van der Waals surface area contributed by atoms with Crippen LogP contribution in [0.5, 0.6) is 11.5 Å². The van der Waals surface area contributed by atoms with Gasteiger partial charge < -0.3 is 20.1 Å². The minimum Gasteiger partial charge on any atom is -0.497 e. The maximum absolute atomic E-state index is 11.7. The van der Waals surface area contributed by atoms with Crippen LogP contribution in [0.3, 0.4) is 0 Å². The zero-order valence-corrected chi connectivity index (χ0v) is 12.7. The van der Waals surface area contributed by atoms with Crippen LogP contribution in [-0.4, -0.2) is 39.1 Å². The van der Waals surface area contributed by atoms with Crippen molar-refractivity contribution < 1.29 is 19.1 Å². The summed E-state index contributed by atoms with van der Waals surface area (Å²) in [4.78, 5) is 22.4. The van der Waals surface area contributed by atoms with Gasteiger partial charge in [-0.1, -0.05) is 0 Å². The largest absolute Gasteiger partial charge is 0.497 e. The summed E-state index contributed by atoms with van der Waals surface area (Å²) in [5, 5.41) is 5.37. The van der Waals surface area contributed by atoms with Gasteiger partial charge in [-0.3, -0.25) is 9.59 Å². The molecule has 0 aliphatic rings. The molecule has 0 radical (unpaired) electrons. The Morgan fingerprint density at radius 1 is 1.10 bits per heavy atom. The van der Waals surface area contributed by atoms with Gasteiger partial charge in [-0.05, 0) is 30.2 Å². The Bertz CT molecular complexity index is 489. The summed E-state index contributed by atoms with van der Waals surface area (Å²) in [7, 11) is 3.19. The van der Waals surface area contributed by atoms with E-state index < -0.39 is 0 Å². The number of carbonyl (C=O) groups is 2. The molecule has 21 heavy (non-hydrogen) atoms. The van der Waals surface area contributed by atoms with Crippen LogP contribution in [0.4, 0.5) is 0 Å². The van der Waals surface area contributed by atoms with Gasteiger partial charge in [0, 0.05) is 26.4 Å². The second-order valence-corrected chi connectivity index (χ2v) is 4.51. The first-order valence-electron chi connectivity index (χ1n) is 6.79. The number of benzene rings is 1.